The normalized spacial score (nSPS) is 20.7. The summed E-state index contributed by atoms with van der Waals surface area (Å²) in [6, 6.07) is 17.1. The Morgan fingerprint density at radius 2 is 1.67 bits per heavy atom. The zero-order valence-corrected chi connectivity index (χ0v) is 26.9. The molecule has 3 atom stereocenters. The van der Waals surface area contributed by atoms with Gasteiger partial charge in [0.25, 0.3) is 0 Å². The van der Waals surface area contributed by atoms with Crippen LogP contribution in [0.25, 0.3) is 0 Å². The quantitative estimate of drug-likeness (QED) is 0.346. The molecule has 2 heterocycles. The van der Waals surface area contributed by atoms with E-state index in [-0.39, 0.29) is 46.5 Å². The number of amides is 3. The molecule has 2 fully saturated rings. The number of ether oxygens (including phenoxy) is 1. The molecule has 3 amide bonds. The number of nitrogens with zero attached hydrogens (tertiary/aromatic N) is 3. The molecule has 5 rings (SSSR count). The van der Waals surface area contributed by atoms with Crippen LogP contribution in [0.2, 0.25) is 10.0 Å². The number of piperazine rings is 1. The molecule has 0 spiro atoms. The number of alkyl carbamates (subject to hydrolysis) is 1. The number of fused-ring (bicyclic) bond motifs is 1. The third-order valence-corrected chi connectivity index (χ3v) is 10.4. The Kier molecular flexibility index (Phi) is 9.59. The first-order valence-electron chi connectivity index (χ1n) is 14.3. The summed E-state index contributed by atoms with van der Waals surface area (Å²) in [5.41, 5.74) is 7.83. The number of hydrogen-bond acceptors (Lipinski definition) is 7. The van der Waals surface area contributed by atoms with Gasteiger partial charge in [-0.25, -0.2) is 13.2 Å². The smallest absolute Gasteiger partial charge is 0.408 e. The maximum absolute atomic E-state index is 14.3. The van der Waals surface area contributed by atoms with Crippen molar-refractivity contribution in [2.24, 2.45) is 0 Å². The van der Waals surface area contributed by atoms with Crippen LogP contribution in [0.5, 0.6) is 0 Å². The molecular weight excluding hydrogens is 641 g/mol. The fourth-order valence-electron chi connectivity index (χ4n) is 5.57. The van der Waals surface area contributed by atoms with E-state index in [0.29, 0.717) is 11.3 Å². The van der Waals surface area contributed by atoms with Gasteiger partial charge in [-0.1, -0.05) is 65.7 Å². The van der Waals surface area contributed by atoms with E-state index >= 15 is 0 Å². The number of hydrogen-bond donors (Lipinski definition) is 2. The average molecular weight is 675 g/mol. The van der Waals surface area contributed by atoms with E-state index in [2.05, 4.69) is 5.32 Å². The fourth-order valence-corrected chi connectivity index (χ4v) is 7.91. The molecule has 14 heteroatoms. The zero-order chi connectivity index (χ0) is 32.5. The van der Waals surface area contributed by atoms with Crippen LogP contribution < -0.4 is 11.1 Å². The Morgan fingerprint density at radius 3 is 2.31 bits per heavy atom. The summed E-state index contributed by atoms with van der Waals surface area (Å²) in [5, 5.41) is 2.67. The molecule has 0 bridgehead atoms. The second kappa shape index (κ2) is 13.3. The predicted octanol–water partition coefficient (Wildman–Crippen LogP) is 3.89. The van der Waals surface area contributed by atoms with Crippen molar-refractivity contribution in [3.8, 4) is 0 Å². The highest BCUT2D eigenvalue weighted by Crippen LogP contribution is 2.35. The number of nitrogen functional groups attached to an aromatic ring is 1. The van der Waals surface area contributed by atoms with Crippen LogP contribution in [-0.2, 0) is 37.4 Å². The van der Waals surface area contributed by atoms with Crippen LogP contribution in [-0.4, -0.2) is 77.8 Å². The molecule has 3 N–H and O–H groups in total. The molecule has 3 aromatic carbocycles. The van der Waals surface area contributed by atoms with E-state index in [4.69, 9.17) is 33.7 Å². The monoisotopic (exact) mass is 673 g/mol. The lowest BCUT2D eigenvalue weighted by atomic mass is 9.96. The van der Waals surface area contributed by atoms with E-state index in [1.54, 1.807) is 53.4 Å². The van der Waals surface area contributed by atoms with Crippen LogP contribution in [0.1, 0.15) is 25.0 Å². The first kappa shape index (κ1) is 32.6. The number of sulfonamides is 1. The molecule has 0 saturated carbocycles. The van der Waals surface area contributed by atoms with Gasteiger partial charge in [0.2, 0.25) is 21.8 Å². The molecule has 2 saturated heterocycles. The van der Waals surface area contributed by atoms with Crippen LogP contribution in [0.15, 0.2) is 77.7 Å². The van der Waals surface area contributed by atoms with Crippen LogP contribution >= 0.6 is 23.2 Å². The molecule has 0 aromatic heterocycles. The van der Waals surface area contributed by atoms with Gasteiger partial charge in [-0.2, -0.15) is 4.31 Å². The highest BCUT2D eigenvalue weighted by Gasteiger charge is 2.54. The SMILES string of the molecule is CC(C)N1CC2N(C(=O)C(NC(=O)OCc3ccccc3)CN2S(=O)(=O)c2ccc(Cl)cc2Cl)C(Cc2ccc(N)cc2)C1=O. The molecule has 0 aliphatic carbocycles. The molecular formula is C31H33Cl2N5O6S. The maximum Gasteiger partial charge on any atom is 0.408 e. The highest BCUT2D eigenvalue weighted by molar-refractivity contribution is 7.89. The second-order valence-corrected chi connectivity index (χ2v) is 13.9. The van der Waals surface area contributed by atoms with Gasteiger partial charge >= 0.3 is 6.09 Å². The van der Waals surface area contributed by atoms with Crippen LogP contribution in [0.3, 0.4) is 0 Å². The number of carbonyl (C=O) groups excluding carboxylic acids is 3. The largest absolute Gasteiger partial charge is 0.445 e. The van der Waals surface area contributed by atoms with Crippen molar-refractivity contribution in [1.82, 2.24) is 19.4 Å². The molecule has 11 nitrogen and oxygen atoms in total. The molecule has 2 aliphatic heterocycles. The molecule has 0 radical (unpaired) electrons. The summed E-state index contributed by atoms with van der Waals surface area (Å²) in [7, 11) is -4.39. The minimum absolute atomic E-state index is 0.0656. The standard InChI is InChI=1S/C31H33Cl2N5O6S/c1-19(2)36-17-28-37(45(42,43)27-13-10-22(32)15-24(27)33)16-25(35-31(41)44-18-21-6-4-3-5-7-21)29(39)38(28)26(30(36)40)14-20-8-11-23(34)12-9-20/h3-13,15,19,25-26,28H,14,16-18,34H2,1-2H3,(H,35,41). The first-order chi connectivity index (χ1) is 21.4. The van der Waals surface area contributed by atoms with Crippen molar-refractivity contribution in [2.45, 2.75) is 56.1 Å². The van der Waals surface area contributed by atoms with Crippen molar-refractivity contribution in [3.63, 3.8) is 0 Å². The van der Waals surface area contributed by atoms with E-state index in [9.17, 15) is 22.8 Å². The zero-order valence-electron chi connectivity index (χ0n) is 24.6. The average Bonchev–Trinajstić information content (AvgIpc) is 2.99. The second-order valence-electron chi connectivity index (χ2n) is 11.2. The summed E-state index contributed by atoms with van der Waals surface area (Å²) in [5.74, 6) is -0.955. The third-order valence-electron chi connectivity index (χ3n) is 7.85. The van der Waals surface area contributed by atoms with Gasteiger partial charge in [0.15, 0.2) is 0 Å². The number of benzene rings is 3. The van der Waals surface area contributed by atoms with Gasteiger partial charge in [0.1, 0.15) is 29.8 Å². The molecule has 238 valence electrons. The van der Waals surface area contributed by atoms with Gasteiger partial charge in [-0.05, 0) is 55.3 Å². The van der Waals surface area contributed by atoms with Crippen molar-refractivity contribution in [1.29, 1.82) is 0 Å². The lowest BCUT2D eigenvalue weighted by Gasteiger charge is -2.54. The number of halogens is 2. The van der Waals surface area contributed by atoms with E-state index in [0.717, 1.165) is 9.87 Å². The number of nitrogens with two attached hydrogens (primary N) is 1. The summed E-state index contributed by atoms with van der Waals surface area (Å²) >= 11 is 12.4. The minimum atomic E-state index is -4.39. The topological polar surface area (TPSA) is 142 Å². The third kappa shape index (κ3) is 6.89. The summed E-state index contributed by atoms with van der Waals surface area (Å²) < 4.78 is 35.0. The molecule has 3 unspecified atom stereocenters. The Hall–Kier alpha value is -3.84. The van der Waals surface area contributed by atoms with Gasteiger partial charge < -0.3 is 25.6 Å². The maximum atomic E-state index is 14.3. The van der Waals surface area contributed by atoms with Crippen LogP contribution in [0, 0.1) is 0 Å². The Balaban J connectivity index is 1.54. The van der Waals surface area contributed by atoms with Crippen molar-refractivity contribution in [3.05, 3.63) is 94.0 Å². The highest BCUT2D eigenvalue weighted by atomic mass is 35.5. The number of rotatable bonds is 8. The Morgan fingerprint density at radius 1 is 0.978 bits per heavy atom. The predicted molar refractivity (Wildman–Crippen MR) is 170 cm³/mol. The molecule has 3 aromatic rings. The van der Waals surface area contributed by atoms with Gasteiger partial charge in [-0.3, -0.25) is 9.59 Å². The van der Waals surface area contributed by atoms with E-state index in [1.807, 2.05) is 19.9 Å². The van der Waals surface area contributed by atoms with Crippen molar-refractivity contribution < 1.29 is 27.5 Å². The number of anilines is 1. The summed E-state index contributed by atoms with van der Waals surface area (Å²) in [6.07, 6.45) is -1.92. The lowest BCUT2D eigenvalue weighted by molar-refractivity contribution is -0.168. The lowest BCUT2D eigenvalue weighted by Crippen LogP contribution is -2.76. The molecule has 45 heavy (non-hydrogen) atoms. The first-order valence-corrected chi connectivity index (χ1v) is 16.5. The van der Waals surface area contributed by atoms with E-state index < -0.39 is 46.8 Å². The van der Waals surface area contributed by atoms with Crippen molar-refractivity contribution in [2.75, 3.05) is 18.8 Å². The Bertz CT molecular complexity index is 1690. The van der Waals surface area contributed by atoms with Crippen molar-refractivity contribution >= 4 is 56.8 Å². The summed E-state index contributed by atoms with van der Waals surface area (Å²) in [4.78, 5) is 43.6. The van der Waals surface area contributed by atoms with E-state index in [1.165, 1.54) is 23.1 Å². The Labute approximate surface area is 271 Å². The number of carbonyl (C=O) groups is 3. The van der Waals surface area contributed by atoms with Gasteiger partial charge in [0, 0.05) is 29.7 Å². The van der Waals surface area contributed by atoms with Crippen LogP contribution in [0.4, 0.5) is 10.5 Å². The van der Waals surface area contributed by atoms with Gasteiger partial charge in [-0.15, -0.1) is 0 Å². The number of nitrogens with one attached hydrogen (secondary N) is 1. The van der Waals surface area contributed by atoms with Gasteiger partial charge in [0.05, 0.1) is 11.6 Å². The summed E-state index contributed by atoms with van der Waals surface area (Å²) in [6.45, 7) is 3.07. The fraction of sp³-hybridized carbons (Fsp3) is 0.323. The minimum Gasteiger partial charge on any atom is -0.445 e. The molecule has 2 aliphatic rings.